The summed E-state index contributed by atoms with van der Waals surface area (Å²) in [6.07, 6.45) is 0. The molecule has 0 atom stereocenters. The Morgan fingerprint density at radius 3 is 2.72 bits per heavy atom. The molecule has 1 fully saturated rings. The fraction of sp³-hybridized carbons (Fsp3) is 0.538. The third kappa shape index (κ3) is 3.31. The van der Waals surface area contributed by atoms with Gasteiger partial charge in [0.15, 0.2) is 0 Å². The lowest BCUT2D eigenvalue weighted by atomic mass is 10.1. The van der Waals surface area contributed by atoms with Gasteiger partial charge in [0.1, 0.15) is 5.75 Å². The summed E-state index contributed by atoms with van der Waals surface area (Å²) in [6, 6.07) is 6.15. The van der Waals surface area contributed by atoms with Crippen molar-refractivity contribution in [3.05, 3.63) is 29.3 Å². The van der Waals surface area contributed by atoms with E-state index in [4.69, 9.17) is 10.5 Å². The van der Waals surface area contributed by atoms with Crippen LogP contribution in [0, 0.1) is 0 Å². The lowest BCUT2D eigenvalue weighted by Crippen LogP contribution is -2.37. The number of hydrogen-bond donors (Lipinski definition) is 1. The molecule has 2 N–H and O–H groups in total. The zero-order chi connectivity index (χ0) is 13.0. The van der Waals surface area contributed by atoms with Crippen LogP contribution in [0.2, 0.25) is 0 Å². The van der Waals surface area contributed by atoms with Gasteiger partial charge in [-0.05, 0) is 17.7 Å². The average molecular weight is 268 g/mol. The number of nitrogens with zero attached hydrogens (tertiary/aromatic N) is 1. The van der Waals surface area contributed by atoms with Gasteiger partial charge in [-0.3, -0.25) is 9.11 Å². The van der Waals surface area contributed by atoms with Crippen LogP contribution >= 0.6 is 0 Å². The first-order valence-corrected chi connectivity index (χ1v) is 7.65. The fourth-order valence-electron chi connectivity index (χ4n) is 2.18. The highest BCUT2D eigenvalue weighted by Crippen LogP contribution is 2.20. The van der Waals surface area contributed by atoms with E-state index in [1.807, 2.05) is 6.07 Å². The Kier molecular flexibility index (Phi) is 4.74. The van der Waals surface area contributed by atoms with Gasteiger partial charge in [0.2, 0.25) is 0 Å². The van der Waals surface area contributed by atoms with Crippen LogP contribution in [0.3, 0.4) is 0 Å². The number of rotatable bonds is 4. The smallest absolute Gasteiger partial charge is 0.123 e. The molecule has 1 aliphatic rings. The first-order valence-electron chi connectivity index (χ1n) is 6.16. The second-order valence-electron chi connectivity index (χ2n) is 4.47. The Morgan fingerprint density at radius 1 is 1.39 bits per heavy atom. The van der Waals surface area contributed by atoms with Gasteiger partial charge in [-0.1, -0.05) is 6.07 Å². The van der Waals surface area contributed by atoms with E-state index in [1.165, 1.54) is 5.56 Å². The predicted molar refractivity (Wildman–Crippen MR) is 74.0 cm³/mol. The van der Waals surface area contributed by atoms with Crippen molar-refractivity contribution >= 4 is 10.8 Å². The summed E-state index contributed by atoms with van der Waals surface area (Å²) in [4.78, 5) is 2.34. The van der Waals surface area contributed by atoms with E-state index < -0.39 is 10.8 Å². The van der Waals surface area contributed by atoms with Crippen molar-refractivity contribution in [3.63, 3.8) is 0 Å². The van der Waals surface area contributed by atoms with Crippen molar-refractivity contribution in [3.8, 4) is 5.75 Å². The van der Waals surface area contributed by atoms with E-state index in [1.54, 1.807) is 7.11 Å². The zero-order valence-corrected chi connectivity index (χ0v) is 11.5. The number of benzene rings is 1. The third-order valence-corrected chi connectivity index (χ3v) is 4.52. The molecule has 0 aliphatic carbocycles. The van der Waals surface area contributed by atoms with Gasteiger partial charge >= 0.3 is 0 Å². The first kappa shape index (κ1) is 13.5. The highest BCUT2D eigenvalue weighted by atomic mass is 32.2. The van der Waals surface area contributed by atoms with E-state index in [0.717, 1.165) is 42.5 Å². The predicted octanol–water partition coefficient (Wildman–Crippen LogP) is 0.718. The van der Waals surface area contributed by atoms with Gasteiger partial charge in [-0.2, -0.15) is 0 Å². The van der Waals surface area contributed by atoms with Crippen molar-refractivity contribution in [2.75, 3.05) is 31.7 Å². The largest absolute Gasteiger partial charge is 0.496 e. The Balaban J connectivity index is 2.03. The van der Waals surface area contributed by atoms with E-state index in [0.29, 0.717) is 6.54 Å². The van der Waals surface area contributed by atoms with Gasteiger partial charge in [0.25, 0.3) is 0 Å². The van der Waals surface area contributed by atoms with Gasteiger partial charge < -0.3 is 10.5 Å². The molecule has 0 amide bonds. The molecule has 0 saturated carbocycles. The van der Waals surface area contributed by atoms with Crippen molar-refractivity contribution in [1.29, 1.82) is 0 Å². The maximum absolute atomic E-state index is 11.3. The minimum absolute atomic E-state index is 0.487. The van der Waals surface area contributed by atoms with Gasteiger partial charge in [0.05, 0.1) is 7.11 Å². The summed E-state index contributed by atoms with van der Waals surface area (Å²) < 4.78 is 16.6. The Labute approximate surface area is 111 Å². The summed E-state index contributed by atoms with van der Waals surface area (Å²) in [7, 11) is 1.05. The lowest BCUT2D eigenvalue weighted by Gasteiger charge is -2.26. The fourth-order valence-corrected chi connectivity index (χ4v) is 3.31. The molecular weight excluding hydrogens is 248 g/mol. The molecule has 0 radical (unpaired) electrons. The Hall–Kier alpha value is -0.910. The van der Waals surface area contributed by atoms with Gasteiger partial charge in [0, 0.05) is 54.0 Å². The van der Waals surface area contributed by atoms with Crippen molar-refractivity contribution in [2.24, 2.45) is 5.73 Å². The highest BCUT2D eigenvalue weighted by Gasteiger charge is 2.15. The lowest BCUT2D eigenvalue weighted by molar-refractivity contribution is 0.291. The number of nitrogens with two attached hydrogens (primary N) is 1. The average Bonchev–Trinajstić information content (AvgIpc) is 2.41. The molecule has 0 bridgehead atoms. The van der Waals surface area contributed by atoms with Gasteiger partial charge in [-0.25, -0.2) is 0 Å². The molecule has 1 saturated heterocycles. The molecule has 100 valence electrons. The SMILES string of the molecule is COc1ccc(CN2CCS(=O)CC2)cc1CN. The van der Waals surface area contributed by atoms with Crippen LogP contribution < -0.4 is 10.5 Å². The molecule has 2 rings (SSSR count). The maximum atomic E-state index is 11.3. The molecule has 0 aromatic heterocycles. The number of methoxy groups -OCH3 is 1. The number of ether oxygens (including phenoxy) is 1. The van der Waals surface area contributed by atoms with Crippen molar-refractivity contribution < 1.29 is 8.95 Å². The monoisotopic (exact) mass is 268 g/mol. The van der Waals surface area contributed by atoms with Crippen molar-refractivity contribution in [2.45, 2.75) is 13.1 Å². The minimum atomic E-state index is -0.612. The summed E-state index contributed by atoms with van der Waals surface area (Å²) in [5, 5.41) is 0. The standard InChI is InChI=1S/C13H20N2O2S/c1-17-13-3-2-11(8-12(13)9-14)10-15-4-6-18(16)7-5-15/h2-3,8H,4-7,9-10,14H2,1H3. The molecular formula is C13H20N2O2S. The minimum Gasteiger partial charge on any atom is -0.496 e. The molecule has 1 heterocycles. The molecule has 1 aromatic carbocycles. The summed E-state index contributed by atoms with van der Waals surface area (Å²) in [6.45, 7) is 3.21. The van der Waals surface area contributed by atoms with Crippen molar-refractivity contribution in [1.82, 2.24) is 4.90 Å². The van der Waals surface area contributed by atoms with E-state index in [9.17, 15) is 4.21 Å². The molecule has 5 heteroatoms. The molecule has 1 aliphatic heterocycles. The van der Waals surface area contributed by atoms with Gasteiger partial charge in [-0.15, -0.1) is 0 Å². The zero-order valence-electron chi connectivity index (χ0n) is 10.7. The summed E-state index contributed by atoms with van der Waals surface area (Å²) in [5.74, 6) is 2.43. The van der Waals surface area contributed by atoms with Crippen LogP contribution in [-0.4, -0.2) is 40.8 Å². The molecule has 0 spiro atoms. The Morgan fingerprint density at radius 2 is 2.11 bits per heavy atom. The van der Waals surface area contributed by atoms with E-state index in [2.05, 4.69) is 17.0 Å². The number of hydrogen-bond acceptors (Lipinski definition) is 4. The van der Waals surface area contributed by atoms with Crippen LogP contribution in [0.1, 0.15) is 11.1 Å². The van der Waals surface area contributed by atoms with E-state index in [-0.39, 0.29) is 0 Å². The Bertz CT molecular complexity index is 427. The third-order valence-electron chi connectivity index (χ3n) is 3.24. The van der Waals surface area contributed by atoms with Crippen LogP contribution in [0.5, 0.6) is 5.75 Å². The maximum Gasteiger partial charge on any atom is 0.123 e. The first-order chi connectivity index (χ1) is 8.72. The molecule has 18 heavy (non-hydrogen) atoms. The topological polar surface area (TPSA) is 55.6 Å². The van der Waals surface area contributed by atoms with Crippen LogP contribution in [0.15, 0.2) is 18.2 Å². The summed E-state index contributed by atoms with van der Waals surface area (Å²) in [5.41, 5.74) is 7.99. The normalized spacial score (nSPS) is 17.9. The van der Waals surface area contributed by atoms with Crippen LogP contribution in [0.25, 0.3) is 0 Å². The van der Waals surface area contributed by atoms with Crippen LogP contribution in [-0.2, 0) is 23.9 Å². The molecule has 0 unspecified atom stereocenters. The summed E-state index contributed by atoms with van der Waals surface area (Å²) >= 11 is 0. The highest BCUT2D eigenvalue weighted by molar-refractivity contribution is 7.85. The van der Waals surface area contributed by atoms with E-state index >= 15 is 0 Å². The second-order valence-corrected chi connectivity index (χ2v) is 6.17. The molecule has 1 aromatic rings. The molecule has 4 nitrogen and oxygen atoms in total. The quantitative estimate of drug-likeness (QED) is 0.874. The van der Waals surface area contributed by atoms with Crippen LogP contribution in [0.4, 0.5) is 0 Å². The second kappa shape index (κ2) is 6.31.